The summed E-state index contributed by atoms with van der Waals surface area (Å²) in [6.07, 6.45) is 2.13. The van der Waals surface area contributed by atoms with Crippen LogP contribution in [0.15, 0.2) is 12.1 Å². The SMILES string of the molecule is CCC1CN(c2ccc(C(N)=O)nn2)C(CC)CN1. The average molecular weight is 263 g/mol. The monoisotopic (exact) mass is 263 g/mol. The minimum Gasteiger partial charge on any atom is -0.364 e. The Hall–Kier alpha value is -1.69. The highest BCUT2D eigenvalue weighted by Gasteiger charge is 2.27. The smallest absolute Gasteiger partial charge is 0.269 e. The van der Waals surface area contributed by atoms with Gasteiger partial charge < -0.3 is 16.0 Å². The second kappa shape index (κ2) is 5.97. The third-order valence-electron chi connectivity index (χ3n) is 3.66. The Morgan fingerprint density at radius 1 is 1.42 bits per heavy atom. The quantitative estimate of drug-likeness (QED) is 0.828. The van der Waals surface area contributed by atoms with Gasteiger partial charge in [0.2, 0.25) is 0 Å². The molecule has 1 fully saturated rings. The standard InChI is InChI=1S/C13H21N5O/c1-3-9-8-18(10(4-2)7-15-9)12-6-5-11(13(14)19)16-17-12/h5-6,9-10,15H,3-4,7-8H2,1-2H3,(H2,14,19). The van der Waals surface area contributed by atoms with Crippen molar-refractivity contribution in [2.75, 3.05) is 18.0 Å². The number of primary amides is 1. The maximum atomic E-state index is 11.0. The number of nitrogens with one attached hydrogen (secondary N) is 1. The molecule has 0 radical (unpaired) electrons. The van der Waals surface area contributed by atoms with Crippen LogP contribution in [0.1, 0.15) is 37.2 Å². The number of nitrogens with zero attached hydrogens (tertiary/aromatic N) is 3. The fraction of sp³-hybridized carbons (Fsp3) is 0.615. The molecular weight excluding hydrogens is 242 g/mol. The molecule has 104 valence electrons. The largest absolute Gasteiger partial charge is 0.364 e. The van der Waals surface area contributed by atoms with Crippen molar-refractivity contribution in [1.82, 2.24) is 15.5 Å². The summed E-state index contributed by atoms with van der Waals surface area (Å²) in [5.41, 5.74) is 5.38. The number of anilines is 1. The predicted molar refractivity (Wildman–Crippen MR) is 74.1 cm³/mol. The summed E-state index contributed by atoms with van der Waals surface area (Å²) in [6, 6.07) is 4.35. The minimum absolute atomic E-state index is 0.207. The van der Waals surface area contributed by atoms with Crippen LogP contribution in [0.5, 0.6) is 0 Å². The maximum Gasteiger partial charge on any atom is 0.269 e. The molecule has 0 spiro atoms. The van der Waals surface area contributed by atoms with E-state index in [1.807, 2.05) is 6.07 Å². The number of hydrogen-bond donors (Lipinski definition) is 2. The van der Waals surface area contributed by atoms with Gasteiger partial charge in [-0.25, -0.2) is 0 Å². The molecule has 0 aliphatic carbocycles. The van der Waals surface area contributed by atoms with Crippen LogP contribution >= 0.6 is 0 Å². The fourth-order valence-electron chi connectivity index (χ4n) is 2.39. The highest BCUT2D eigenvalue weighted by molar-refractivity contribution is 5.90. The molecule has 1 aliphatic heterocycles. The van der Waals surface area contributed by atoms with Gasteiger partial charge in [0, 0.05) is 25.2 Å². The number of amides is 1. The Morgan fingerprint density at radius 2 is 2.21 bits per heavy atom. The molecule has 6 nitrogen and oxygen atoms in total. The number of hydrogen-bond acceptors (Lipinski definition) is 5. The molecule has 0 aromatic carbocycles. The third-order valence-corrected chi connectivity index (χ3v) is 3.66. The average Bonchev–Trinajstić information content (AvgIpc) is 2.46. The number of aromatic nitrogens is 2. The lowest BCUT2D eigenvalue weighted by atomic mass is 10.1. The summed E-state index contributed by atoms with van der Waals surface area (Å²) < 4.78 is 0. The van der Waals surface area contributed by atoms with Gasteiger partial charge in [0.1, 0.15) is 0 Å². The van der Waals surface area contributed by atoms with E-state index < -0.39 is 5.91 Å². The van der Waals surface area contributed by atoms with E-state index in [1.165, 1.54) is 0 Å². The van der Waals surface area contributed by atoms with Crippen molar-refractivity contribution in [3.8, 4) is 0 Å². The Bertz CT molecular complexity index is 433. The van der Waals surface area contributed by atoms with E-state index in [9.17, 15) is 4.79 Å². The molecule has 19 heavy (non-hydrogen) atoms. The third kappa shape index (κ3) is 3.01. The first kappa shape index (κ1) is 13.7. The van der Waals surface area contributed by atoms with Gasteiger partial charge in [0.05, 0.1) is 0 Å². The minimum atomic E-state index is -0.544. The molecule has 2 atom stereocenters. The van der Waals surface area contributed by atoms with Crippen LogP contribution in [-0.4, -0.2) is 41.3 Å². The van der Waals surface area contributed by atoms with Crippen LogP contribution in [0, 0.1) is 0 Å². The van der Waals surface area contributed by atoms with Gasteiger partial charge in [-0.3, -0.25) is 4.79 Å². The van der Waals surface area contributed by atoms with Crippen LogP contribution in [0.3, 0.4) is 0 Å². The van der Waals surface area contributed by atoms with Crippen molar-refractivity contribution in [2.45, 2.75) is 38.8 Å². The number of rotatable bonds is 4. The van der Waals surface area contributed by atoms with Gasteiger partial charge in [-0.05, 0) is 25.0 Å². The van der Waals surface area contributed by atoms with E-state index in [0.717, 1.165) is 31.7 Å². The fourth-order valence-corrected chi connectivity index (χ4v) is 2.39. The molecule has 2 rings (SSSR count). The Morgan fingerprint density at radius 3 is 2.74 bits per heavy atom. The van der Waals surface area contributed by atoms with Crippen LogP contribution in [0.4, 0.5) is 5.82 Å². The van der Waals surface area contributed by atoms with Crippen molar-refractivity contribution in [3.63, 3.8) is 0 Å². The lowest BCUT2D eigenvalue weighted by molar-refractivity contribution is 0.0994. The lowest BCUT2D eigenvalue weighted by Gasteiger charge is -2.40. The van der Waals surface area contributed by atoms with Crippen LogP contribution < -0.4 is 16.0 Å². The van der Waals surface area contributed by atoms with Crippen LogP contribution in [-0.2, 0) is 0 Å². The molecule has 1 saturated heterocycles. The molecule has 0 bridgehead atoms. The van der Waals surface area contributed by atoms with Gasteiger partial charge >= 0.3 is 0 Å². The highest BCUT2D eigenvalue weighted by Crippen LogP contribution is 2.19. The van der Waals surface area contributed by atoms with Crippen LogP contribution in [0.25, 0.3) is 0 Å². The van der Waals surface area contributed by atoms with Crippen molar-refractivity contribution in [2.24, 2.45) is 5.73 Å². The summed E-state index contributed by atoms with van der Waals surface area (Å²) in [4.78, 5) is 13.3. The van der Waals surface area contributed by atoms with E-state index in [-0.39, 0.29) is 5.69 Å². The topological polar surface area (TPSA) is 84.1 Å². The number of nitrogens with two attached hydrogens (primary N) is 1. The summed E-state index contributed by atoms with van der Waals surface area (Å²) in [5.74, 6) is 0.273. The van der Waals surface area contributed by atoms with Gasteiger partial charge in [0.15, 0.2) is 11.5 Å². The van der Waals surface area contributed by atoms with Crippen molar-refractivity contribution in [1.29, 1.82) is 0 Å². The second-order valence-corrected chi connectivity index (χ2v) is 4.87. The first-order valence-corrected chi connectivity index (χ1v) is 6.79. The van der Waals surface area contributed by atoms with E-state index in [4.69, 9.17) is 5.73 Å². The molecule has 1 aromatic heterocycles. The summed E-state index contributed by atoms with van der Waals surface area (Å²) in [6.45, 7) is 6.20. The molecular formula is C13H21N5O. The zero-order valence-electron chi connectivity index (χ0n) is 11.5. The summed E-state index contributed by atoms with van der Waals surface area (Å²) in [5, 5.41) is 11.6. The van der Waals surface area contributed by atoms with E-state index in [1.54, 1.807) is 6.07 Å². The van der Waals surface area contributed by atoms with Crippen molar-refractivity contribution >= 4 is 11.7 Å². The first-order valence-electron chi connectivity index (χ1n) is 6.79. The summed E-state index contributed by atoms with van der Waals surface area (Å²) >= 11 is 0. The first-order chi connectivity index (χ1) is 9.15. The van der Waals surface area contributed by atoms with E-state index in [0.29, 0.717) is 12.1 Å². The van der Waals surface area contributed by atoms with Gasteiger partial charge in [0.25, 0.3) is 5.91 Å². The Kier molecular flexibility index (Phi) is 4.31. The van der Waals surface area contributed by atoms with Crippen molar-refractivity contribution in [3.05, 3.63) is 17.8 Å². The molecule has 1 aliphatic rings. The molecule has 3 N–H and O–H groups in total. The Labute approximate surface area is 113 Å². The Balaban J connectivity index is 2.18. The molecule has 0 saturated carbocycles. The number of carbonyl (C=O) groups is 1. The van der Waals surface area contributed by atoms with Crippen LogP contribution in [0.2, 0.25) is 0 Å². The van der Waals surface area contributed by atoms with E-state index in [2.05, 4.69) is 34.3 Å². The van der Waals surface area contributed by atoms with Crippen molar-refractivity contribution < 1.29 is 4.79 Å². The molecule has 2 heterocycles. The maximum absolute atomic E-state index is 11.0. The van der Waals surface area contributed by atoms with Gasteiger partial charge in [-0.2, -0.15) is 0 Å². The normalized spacial score (nSPS) is 23.4. The lowest BCUT2D eigenvalue weighted by Crippen LogP contribution is -2.56. The molecule has 2 unspecified atom stereocenters. The molecule has 6 heteroatoms. The number of piperazine rings is 1. The number of carbonyl (C=O) groups excluding carboxylic acids is 1. The van der Waals surface area contributed by atoms with Gasteiger partial charge in [-0.15, -0.1) is 10.2 Å². The zero-order chi connectivity index (χ0) is 13.8. The van der Waals surface area contributed by atoms with Gasteiger partial charge in [-0.1, -0.05) is 13.8 Å². The van der Waals surface area contributed by atoms with E-state index >= 15 is 0 Å². The second-order valence-electron chi connectivity index (χ2n) is 4.87. The summed E-state index contributed by atoms with van der Waals surface area (Å²) in [7, 11) is 0. The highest BCUT2D eigenvalue weighted by atomic mass is 16.1. The molecule has 1 amide bonds. The molecule has 1 aromatic rings. The predicted octanol–water partition coefficient (Wildman–Crippen LogP) is 0.542. The zero-order valence-corrected chi connectivity index (χ0v) is 11.5.